The second kappa shape index (κ2) is 6.94. The van der Waals surface area contributed by atoms with Crippen molar-refractivity contribution >= 4 is 16.6 Å². The van der Waals surface area contributed by atoms with E-state index in [1.165, 1.54) is 5.69 Å². The van der Waals surface area contributed by atoms with Crippen LogP contribution < -0.4 is 4.90 Å². The third kappa shape index (κ3) is 3.26. The Morgan fingerprint density at radius 3 is 2.29 bits per heavy atom. The van der Waals surface area contributed by atoms with Gasteiger partial charge in [-0.3, -0.25) is 0 Å². The number of hydrogen-bond acceptors (Lipinski definition) is 2. The lowest BCUT2D eigenvalue weighted by molar-refractivity contribution is 0.867. The van der Waals surface area contributed by atoms with E-state index in [-0.39, 0.29) is 0 Å². The molecule has 118 valence electrons. The number of H-pyrrole nitrogens is 1. The molecule has 1 aromatic heterocycles. The van der Waals surface area contributed by atoms with Gasteiger partial charge in [0.05, 0.1) is 17.3 Å². The molecule has 0 amide bonds. The van der Waals surface area contributed by atoms with Crippen LogP contribution in [0.15, 0.2) is 48.5 Å². The maximum atomic E-state index is 8.82. The van der Waals surface area contributed by atoms with Crippen molar-refractivity contribution in [3.63, 3.8) is 0 Å². The van der Waals surface area contributed by atoms with Gasteiger partial charge in [0.15, 0.2) is 0 Å². The Kier molecular flexibility index (Phi) is 4.54. The van der Waals surface area contributed by atoms with E-state index in [9.17, 15) is 0 Å². The van der Waals surface area contributed by atoms with Crippen LogP contribution in [-0.4, -0.2) is 18.1 Å². The molecule has 1 N–H and O–H groups in total. The summed E-state index contributed by atoms with van der Waals surface area (Å²) in [7, 11) is 0. The average Bonchev–Trinajstić information content (AvgIpc) is 3.04. The summed E-state index contributed by atoms with van der Waals surface area (Å²) in [6, 6.07) is 17.9. The van der Waals surface area contributed by atoms with Crippen molar-refractivity contribution < 1.29 is 0 Å². The summed E-state index contributed by atoms with van der Waals surface area (Å²) in [6.07, 6.45) is 0. The quantitative estimate of drug-likeness (QED) is 0.733. The number of benzene rings is 2. The minimum Gasteiger partial charge on any atom is -0.372 e. The van der Waals surface area contributed by atoms with Crippen LogP contribution in [0, 0.1) is 23.2 Å². The molecular weight excluding hydrogens is 294 g/mol. The number of anilines is 1. The molecule has 0 bridgehead atoms. The van der Waals surface area contributed by atoms with Gasteiger partial charge >= 0.3 is 0 Å². The first-order valence-corrected chi connectivity index (χ1v) is 8.13. The molecule has 0 unspecified atom stereocenters. The van der Waals surface area contributed by atoms with Crippen LogP contribution in [0.4, 0.5) is 5.69 Å². The molecule has 0 aliphatic carbocycles. The molecule has 24 heavy (non-hydrogen) atoms. The monoisotopic (exact) mass is 313 g/mol. The van der Waals surface area contributed by atoms with Gasteiger partial charge < -0.3 is 9.88 Å². The third-order valence-electron chi connectivity index (χ3n) is 4.09. The first-order chi connectivity index (χ1) is 11.7. The minimum absolute atomic E-state index is 0.648. The van der Waals surface area contributed by atoms with E-state index in [0.717, 1.165) is 35.2 Å². The van der Waals surface area contributed by atoms with Crippen molar-refractivity contribution in [2.75, 3.05) is 18.0 Å². The fourth-order valence-corrected chi connectivity index (χ4v) is 2.74. The zero-order valence-corrected chi connectivity index (χ0v) is 13.9. The fourth-order valence-electron chi connectivity index (χ4n) is 2.74. The van der Waals surface area contributed by atoms with Crippen LogP contribution in [0.25, 0.3) is 10.9 Å². The molecule has 2 aromatic carbocycles. The Balaban J connectivity index is 1.88. The molecule has 0 saturated heterocycles. The summed E-state index contributed by atoms with van der Waals surface area (Å²) in [5.74, 6) is 6.29. The normalized spacial score (nSPS) is 10.0. The average molecular weight is 313 g/mol. The Labute approximate surface area is 142 Å². The summed E-state index contributed by atoms with van der Waals surface area (Å²) in [6.45, 7) is 6.32. The standard InChI is InChI=1S/C21H19N3/c1-3-24(4-2)20-12-10-18-13-19(23-21(18)14-20)11-9-16-5-7-17(15-22)8-6-16/h5-8,10,12-14,23H,3-4H2,1-2H3. The van der Waals surface area contributed by atoms with E-state index in [1.54, 1.807) is 12.1 Å². The van der Waals surface area contributed by atoms with Crippen LogP contribution in [-0.2, 0) is 0 Å². The SMILES string of the molecule is CCN(CC)c1ccc2cc(C#Cc3ccc(C#N)cc3)[nH]c2c1. The number of fused-ring (bicyclic) bond motifs is 1. The lowest BCUT2D eigenvalue weighted by Crippen LogP contribution is -2.21. The van der Waals surface area contributed by atoms with Gasteiger partial charge in [0.2, 0.25) is 0 Å². The first kappa shape index (κ1) is 15.7. The summed E-state index contributed by atoms with van der Waals surface area (Å²) < 4.78 is 0. The van der Waals surface area contributed by atoms with Gasteiger partial charge in [-0.15, -0.1) is 0 Å². The molecule has 0 aliphatic heterocycles. The van der Waals surface area contributed by atoms with Crippen molar-refractivity contribution in [2.24, 2.45) is 0 Å². The molecule has 0 saturated carbocycles. The number of aromatic nitrogens is 1. The van der Waals surface area contributed by atoms with Gasteiger partial charge in [-0.1, -0.05) is 12.0 Å². The number of nitriles is 1. The van der Waals surface area contributed by atoms with Crippen LogP contribution >= 0.6 is 0 Å². The molecule has 3 heteroatoms. The highest BCUT2D eigenvalue weighted by Crippen LogP contribution is 2.22. The van der Waals surface area contributed by atoms with E-state index in [2.05, 4.69) is 65.9 Å². The van der Waals surface area contributed by atoms with Crippen LogP contribution in [0.2, 0.25) is 0 Å². The number of nitrogens with zero attached hydrogens (tertiary/aromatic N) is 2. The van der Waals surface area contributed by atoms with Gasteiger partial charge in [0.25, 0.3) is 0 Å². The fraction of sp³-hybridized carbons (Fsp3) is 0.190. The van der Waals surface area contributed by atoms with Crippen molar-refractivity contribution in [3.8, 4) is 17.9 Å². The Hall–Kier alpha value is -3.17. The Morgan fingerprint density at radius 2 is 1.62 bits per heavy atom. The molecule has 0 aliphatic rings. The number of aromatic amines is 1. The van der Waals surface area contributed by atoms with Gasteiger partial charge in [0.1, 0.15) is 0 Å². The van der Waals surface area contributed by atoms with E-state index < -0.39 is 0 Å². The second-order valence-corrected chi connectivity index (χ2v) is 5.57. The topological polar surface area (TPSA) is 42.8 Å². The van der Waals surface area contributed by atoms with Gasteiger partial charge in [-0.2, -0.15) is 5.26 Å². The van der Waals surface area contributed by atoms with E-state index in [0.29, 0.717) is 5.56 Å². The van der Waals surface area contributed by atoms with Crippen molar-refractivity contribution in [3.05, 3.63) is 65.4 Å². The van der Waals surface area contributed by atoms with E-state index in [1.807, 2.05) is 12.1 Å². The van der Waals surface area contributed by atoms with Crippen LogP contribution in [0.5, 0.6) is 0 Å². The highest BCUT2D eigenvalue weighted by atomic mass is 15.1. The predicted octanol–water partition coefficient (Wildman–Crippen LogP) is 4.29. The molecule has 0 spiro atoms. The molecule has 0 atom stereocenters. The summed E-state index contributed by atoms with van der Waals surface area (Å²) in [5.41, 5.74) is 4.77. The number of hydrogen-bond donors (Lipinski definition) is 1. The summed E-state index contributed by atoms with van der Waals surface area (Å²) >= 11 is 0. The maximum Gasteiger partial charge on any atom is 0.0991 e. The highest BCUT2D eigenvalue weighted by molar-refractivity contribution is 5.85. The zero-order chi connectivity index (χ0) is 16.9. The Bertz CT molecular complexity index is 943. The Morgan fingerprint density at radius 1 is 0.917 bits per heavy atom. The molecule has 0 radical (unpaired) electrons. The van der Waals surface area contributed by atoms with Crippen molar-refractivity contribution in [1.29, 1.82) is 5.26 Å². The minimum atomic E-state index is 0.648. The molecule has 1 heterocycles. The summed E-state index contributed by atoms with van der Waals surface area (Å²) in [5, 5.41) is 9.98. The maximum absolute atomic E-state index is 8.82. The summed E-state index contributed by atoms with van der Waals surface area (Å²) in [4.78, 5) is 5.70. The molecule has 3 nitrogen and oxygen atoms in total. The van der Waals surface area contributed by atoms with Gasteiger partial charge in [-0.25, -0.2) is 0 Å². The molecule has 3 aromatic rings. The van der Waals surface area contributed by atoms with Crippen LogP contribution in [0.3, 0.4) is 0 Å². The van der Waals surface area contributed by atoms with Crippen LogP contribution in [0.1, 0.15) is 30.7 Å². The molecule has 3 rings (SSSR count). The van der Waals surface area contributed by atoms with Gasteiger partial charge in [-0.05, 0) is 62.2 Å². The van der Waals surface area contributed by atoms with Crippen molar-refractivity contribution in [2.45, 2.75) is 13.8 Å². The van der Waals surface area contributed by atoms with E-state index >= 15 is 0 Å². The zero-order valence-electron chi connectivity index (χ0n) is 13.9. The van der Waals surface area contributed by atoms with E-state index in [4.69, 9.17) is 5.26 Å². The number of nitrogens with one attached hydrogen (secondary N) is 1. The first-order valence-electron chi connectivity index (χ1n) is 8.13. The molecular formula is C21H19N3. The second-order valence-electron chi connectivity index (χ2n) is 5.57. The number of rotatable bonds is 3. The lowest BCUT2D eigenvalue weighted by atomic mass is 10.1. The molecule has 0 fully saturated rings. The largest absolute Gasteiger partial charge is 0.372 e. The van der Waals surface area contributed by atoms with Crippen molar-refractivity contribution in [1.82, 2.24) is 4.98 Å². The smallest absolute Gasteiger partial charge is 0.0991 e. The third-order valence-corrected chi connectivity index (χ3v) is 4.09. The highest BCUT2D eigenvalue weighted by Gasteiger charge is 2.04. The van der Waals surface area contributed by atoms with Gasteiger partial charge in [0, 0.05) is 35.2 Å². The lowest BCUT2D eigenvalue weighted by Gasteiger charge is -2.20. The predicted molar refractivity (Wildman–Crippen MR) is 99.0 cm³/mol.